The van der Waals surface area contributed by atoms with Gasteiger partial charge >= 0.3 is 0 Å². The summed E-state index contributed by atoms with van der Waals surface area (Å²) in [5.74, 6) is 0.927. The van der Waals surface area contributed by atoms with Gasteiger partial charge in [0.25, 0.3) is 0 Å². The molecule has 0 radical (unpaired) electrons. The molecule has 0 saturated carbocycles. The molecule has 0 aliphatic carbocycles. The normalized spacial score (nSPS) is 20.8. The van der Waals surface area contributed by atoms with Crippen LogP contribution in [0, 0.1) is 0 Å². The summed E-state index contributed by atoms with van der Waals surface area (Å²) in [5.41, 5.74) is 1.36. The molecular formula is C18H30N2O. The van der Waals surface area contributed by atoms with Gasteiger partial charge in [-0.25, -0.2) is 0 Å². The van der Waals surface area contributed by atoms with Crippen molar-refractivity contribution in [2.75, 3.05) is 20.2 Å². The van der Waals surface area contributed by atoms with E-state index in [9.17, 15) is 0 Å². The topological polar surface area (TPSA) is 24.5 Å². The van der Waals surface area contributed by atoms with Crippen molar-refractivity contribution >= 4 is 0 Å². The van der Waals surface area contributed by atoms with Crippen molar-refractivity contribution in [1.29, 1.82) is 0 Å². The maximum absolute atomic E-state index is 5.25. The van der Waals surface area contributed by atoms with Gasteiger partial charge in [-0.3, -0.25) is 4.90 Å². The van der Waals surface area contributed by atoms with E-state index in [-0.39, 0.29) is 0 Å². The fourth-order valence-electron chi connectivity index (χ4n) is 3.22. The fourth-order valence-corrected chi connectivity index (χ4v) is 3.22. The number of methoxy groups -OCH3 is 1. The lowest BCUT2D eigenvalue weighted by molar-refractivity contribution is 0.138. The predicted molar refractivity (Wildman–Crippen MR) is 88.9 cm³/mol. The van der Waals surface area contributed by atoms with E-state index in [1.807, 2.05) is 0 Å². The molecule has 0 spiro atoms. The summed E-state index contributed by atoms with van der Waals surface area (Å²) in [6.45, 7) is 9.20. The van der Waals surface area contributed by atoms with Gasteiger partial charge in [0, 0.05) is 24.7 Å². The molecule has 2 unspecified atom stereocenters. The van der Waals surface area contributed by atoms with Gasteiger partial charge in [-0.05, 0) is 57.9 Å². The molecule has 1 aromatic carbocycles. The van der Waals surface area contributed by atoms with Gasteiger partial charge in [-0.15, -0.1) is 0 Å². The van der Waals surface area contributed by atoms with Crippen LogP contribution in [0.15, 0.2) is 24.3 Å². The third kappa shape index (κ3) is 4.45. The smallest absolute Gasteiger partial charge is 0.118 e. The van der Waals surface area contributed by atoms with E-state index in [1.54, 1.807) is 7.11 Å². The van der Waals surface area contributed by atoms with Crippen molar-refractivity contribution in [2.24, 2.45) is 0 Å². The molecule has 1 fully saturated rings. The zero-order valence-corrected chi connectivity index (χ0v) is 13.9. The van der Waals surface area contributed by atoms with Gasteiger partial charge in [0.15, 0.2) is 0 Å². The second-order valence-electron chi connectivity index (χ2n) is 6.39. The highest BCUT2D eigenvalue weighted by Gasteiger charge is 2.23. The first-order valence-corrected chi connectivity index (χ1v) is 8.25. The summed E-state index contributed by atoms with van der Waals surface area (Å²) < 4.78 is 5.25. The molecule has 1 saturated heterocycles. The van der Waals surface area contributed by atoms with E-state index >= 15 is 0 Å². The Morgan fingerprint density at radius 1 is 1.19 bits per heavy atom. The summed E-state index contributed by atoms with van der Waals surface area (Å²) in [6, 6.07) is 10.1. The Labute approximate surface area is 129 Å². The van der Waals surface area contributed by atoms with Crippen LogP contribution in [-0.2, 0) is 0 Å². The van der Waals surface area contributed by atoms with E-state index in [2.05, 4.69) is 55.3 Å². The van der Waals surface area contributed by atoms with Crippen LogP contribution in [0.1, 0.15) is 51.6 Å². The number of ether oxygens (including phenoxy) is 1. The van der Waals surface area contributed by atoms with Gasteiger partial charge in [0.2, 0.25) is 0 Å². The Morgan fingerprint density at radius 2 is 1.90 bits per heavy atom. The van der Waals surface area contributed by atoms with Crippen LogP contribution < -0.4 is 10.1 Å². The molecule has 0 amide bonds. The van der Waals surface area contributed by atoms with Crippen molar-refractivity contribution in [3.8, 4) is 5.75 Å². The largest absolute Gasteiger partial charge is 0.497 e. The highest BCUT2D eigenvalue weighted by molar-refractivity contribution is 5.29. The first kappa shape index (κ1) is 16.3. The average Bonchev–Trinajstić information content (AvgIpc) is 2.53. The Balaban J connectivity index is 2.04. The van der Waals surface area contributed by atoms with Gasteiger partial charge in [-0.2, -0.15) is 0 Å². The third-order valence-electron chi connectivity index (χ3n) is 4.60. The van der Waals surface area contributed by atoms with Crippen LogP contribution in [0.3, 0.4) is 0 Å². The van der Waals surface area contributed by atoms with Crippen molar-refractivity contribution in [2.45, 2.75) is 58.2 Å². The first-order valence-electron chi connectivity index (χ1n) is 8.25. The van der Waals surface area contributed by atoms with E-state index in [0.717, 1.165) is 12.3 Å². The lowest BCUT2D eigenvalue weighted by atomic mass is 10.0. The number of rotatable bonds is 6. The van der Waals surface area contributed by atoms with Crippen molar-refractivity contribution < 1.29 is 4.74 Å². The van der Waals surface area contributed by atoms with Crippen LogP contribution in [0.25, 0.3) is 0 Å². The summed E-state index contributed by atoms with van der Waals surface area (Å²) in [4.78, 5) is 2.60. The summed E-state index contributed by atoms with van der Waals surface area (Å²) >= 11 is 0. The second kappa shape index (κ2) is 7.81. The molecule has 1 aromatic rings. The molecule has 1 aliphatic rings. The van der Waals surface area contributed by atoms with Crippen LogP contribution in [0.5, 0.6) is 5.75 Å². The molecule has 2 rings (SSSR count). The minimum absolute atomic E-state index is 0.430. The zero-order valence-electron chi connectivity index (χ0n) is 13.9. The highest BCUT2D eigenvalue weighted by atomic mass is 16.5. The first-order chi connectivity index (χ1) is 10.1. The maximum atomic E-state index is 5.25. The molecule has 1 N–H and O–H groups in total. The van der Waals surface area contributed by atoms with E-state index in [4.69, 9.17) is 4.74 Å². The molecule has 0 bridgehead atoms. The molecule has 21 heavy (non-hydrogen) atoms. The molecule has 1 heterocycles. The Morgan fingerprint density at radius 3 is 2.43 bits per heavy atom. The standard InChI is InChI=1S/C18H30N2O/c1-14(2)20(13-17-7-5-6-12-19-17)15(3)16-8-10-18(21-4)11-9-16/h8-11,14-15,17,19H,5-7,12-13H2,1-4H3. The summed E-state index contributed by atoms with van der Waals surface area (Å²) in [6.07, 6.45) is 3.99. The van der Waals surface area contributed by atoms with Crippen LogP contribution in [-0.4, -0.2) is 37.2 Å². The quantitative estimate of drug-likeness (QED) is 0.866. The number of hydrogen-bond donors (Lipinski definition) is 1. The highest BCUT2D eigenvalue weighted by Crippen LogP contribution is 2.25. The predicted octanol–water partition coefficient (Wildman–Crippen LogP) is 3.61. The Hall–Kier alpha value is -1.06. The average molecular weight is 290 g/mol. The number of hydrogen-bond acceptors (Lipinski definition) is 3. The minimum Gasteiger partial charge on any atom is -0.497 e. The van der Waals surface area contributed by atoms with E-state index in [0.29, 0.717) is 18.1 Å². The zero-order chi connectivity index (χ0) is 15.2. The summed E-state index contributed by atoms with van der Waals surface area (Å²) in [7, 11) is 1.72. The molecular weight excluding hydrogens is 260 g/mol. The lowest BCUT2D eigenvalue weighted by Gasteiger charge is -2.37. The monoisotopic (exact) mass is 290 g/mol. The van der Waals surface area contributed by atoms with Crippen LogP contribution in [0.4, 0.5) is 0 Å². The molecule has 118 valence electrons. The molecule has 3 nitrogen and oxygen atoms in total. The number of nitrogens with one attached hydrogen (secondary N) is 1. The van der Waals surface area contributed by atoms with Crippen molar-refractivity contribution in [3.63, 3.8) is 0 Å². The minimum atomic E-state index is 0.430. The number of benzene rings is 1. The Kier molecular flexibility index (Phi) is 6.07. The van der Waals surface area contributed by atoms with Gasteiger partial charge < -0.3 is 10.1 Å². The maximum Gasteiger partial charge on any atom is 0.118 e. The SMILES string of the molecule is COc1ccc(C(C)N(CC2CCCCN2)C(C)C)cc1. The van der Waals surface area contributed by atoms with E-state index < -0.39 is 0 Å². The molecule has 3 heteroatoms. The van der Waals surface area contributed by atoms with Crippen LogP contribution >= 0.6 is 0 Å². The second-order valence-corrected chi connectivity index (χ2v) is 6.39. The fraction of sp³-hybridized carbons (Fsp3) is 0.667. The van der Waals surface area contributed by atoms with Crippen LogP contribution in [0.2, 0.25) is 0 Å². The summed E-state index contributed by atoms with van der Waals surface area (Å²) in [5, 5.41) is 3.67. The van der Waals surface area contributed by atoms with Crippen molar-refractivity contribution in [1.82, 2.24) is 10.2 Å². The molecule has 1 aliphatic heterocycles. The van der Waals surface area contributed by atoms with Gasteiger partial charge in [0.05, 0.1) is 7.11 Å². The van der Waals surface area contributed by atoms with Crippen molar-refractivity contribution in [3.05, 3.63) is 29.8 Å². The Bertz CT molecular complexity index is 410. The third-order valence-corrected chi connectivity index (χ3v) is 4.60. The number of piperidine rings is 1. The van der Waals surface area contributed by atoms with Gasteiger partial charge in [-0.1, -0.05) is 18.6 Å². The molecule has 2 atom stereocenters. The van der Waals surface area contributed by atoms with Gasteiger partial charge in [0.1, 0.15) is 5.75 Å². The number of nitrogens with zero attached hydrogens (tertiary/aromatic N) is 1. The van der Waals surface area contributed by atoms with E-state index in [1.165, 1.54) is 31.4 Å². The molecule has 0 aromatic heterocycles. The lowest BCUT2D eigenvalue weighted by Crippen LogP contribution is -2.46.